The number of hydrogen-bond acceptors (Lipinski definition) is 2. The van der Waals surface area contributed by atoms with Crippen LogP contribution < -0.4 is 0 Å². The Labute approximate surface area is 148 Å². The molecule has 0 aliphatic carbocycles. The summed E-state index contributed by atoms with van der Waals surface area (Å²) < 4.78 is 24.2. The van der Waals surface area contributed by atoms with Gasteiger partial charge in [-0.05, 0) is 47.7 Å². The molecular weight excluding hydrogens is 315 g/mol. The van der Waals surface area contributed by atoms with E-state index in [2.05, 4.69) is 30.9 Å². The standard InChI is InChI=1S/C22H21FO2/c1-2-3-4-18-15-24-22(25-16-18)14-7-17-5-8-19(9-6-17)20-10-12-21(23)13-11-20/h3-6,8-13,18,22H,2,15-16H2,1H3/b4-3+. The molecular formula is C22H21FO2. The third-order valence-corrected chi connectivity index (χ3v) is 3.96. The summed E-state index contributed by atoms with van der Waals surface area (Å²) in [6, 6.07) is 14.3. The molecule has 1 saturated heterocycles. The van der Waals surface area contributed by atoms with Gasteiger partial charge in [0.25, 0.3) is 0 Å². The summed E-state index contributed by atoms with van der Waals surface area (Å²) in [6.07, 6.45) is 4.82. The van der Waals surface area contributed by atoms with Crippen LogP contribution in [0.5, 0.6) is 0 Å². The summed E-state index contributed by atoms with van der Waals surface area (Å²) in [4.78, 5) is 0. The molecule has 0 amide bonds. The van der Waals surface area contributed by atoms with Gasteiger partial charge in [0, 0.05) is 11.5 Å². The Balaban J connectivity index is 1.58. The minimum absolute atomic E-state index is 0.230. The molecule has 0 atom stereocenters. The van der Waals surface area contributed by atoms with Crippen LogP contribution in [0.4, 0.5) is 4.39 Å². The van der Waals surface area contributed by atoms with Gasteiger partial charge in [-0.3, -0.25) is 0 Å². The van der Waals surface area contributed by atoms with Crippen LogP contribution in [0, 0.1) is 23.6 Å². The second-order valence-corrected chi connectivity index (χ2v) is 5.95. The Bertz CT molecular complexity index is 758. The summed E-state index contributed by atoms with van der Waals surface area (Å²) in [5, 5.41) is 0. The van der Waals surface area contributed by atoms with Gasteiger partial charge in [0.15, 0.2) is 0 Å². The molecule has 1 heterocycles. The van der Waals surface area contributed by atoms with Crippen LogP contribution in [-0.4, -0.2) is 19.5 Å². The second-order valence-electron chi connectivity index (χ2n) is 5.95. The molecule has 25 heavy (non-hydrogen) atoms. The van der Waals surface area contributed by atoms with Gasteiger partial charge in [0.2, 0.25) is 6.29 Å². The topological polar surface area (TPSA) is 18.5 Å². The quantitative estimate of drug-likeness (QED) is 0.592. The monoisotopic (exact) mass is 336 g/mol. The fourth-order valence-corrected chi connectivity index (χ4v) is 2.57. The molecule has 3 heteroatoms. The number of ether oxygens (including phenoxy) is 2. The zero-order chi connectivity index (χ0) is 17.5. The molecule has 0 radical (unpaired) electrons. The van der Waals surface area contributed by atoms with E-state index in [1.165, 1.54) is 12.1 Å². The van der Waals surface area contributed by atoms with Crippen molar-refractivity contribution in [3.63, 3.8) is 0 Å². The highest BCUT2D eigenvalue weighted by atomic mass is 19.1. The molecule has 2 aromatic carbocycles. The van der Waals surface area contributed by atoms with Crippen molar-refractivity contribution >= 4 is 0 Å². The number of benzene rings is 2. The number of hydrogen-bond donors (Lipinski definition) is 0. The number of halogens is 1. The average Bonchev–Trinajstić information content (AvgIpc) is 2.67. The average molecular weight is 336 g/mol. The number of allylic oxidation sites excluding steroid dienone is 1. The van der Waals surface area contributed by atoms with Crippen molar-refractivity contribution in [2.45, 2.75) is 19.6 Å². The Morgan fingerprint density at radius 1 is 1.00 bits per heavy atom. The lowest BCUT2D eigenvalue weighted by Gasteiger charge is -2.24. The zero-order valence-electron chi connectivity index (χ0n) is 14.2. The molecule has 0 bridgehead atoms. The third kappa shape index (κ3) is 5.03. The highest BCUT2D eigenvalue weighted by Crippen LogP contribution is 2.20. The van der Waals surface area contributed by atoms with Crippen LogP contribution in [0.2, 0.25) is 0 Å². The van der Waals surface area contributed by atoms with Gasteiger partial charge >= 0.3 is 0 Å². The minimum atomic E-state index is -0.469. The van der Waals surface area contributed by atoms with E-state index in [1.54, 1.807) is 12.1 Å². The molecule has 2 aromatic rings. The Morgan fingerprint density at radius 3 is 2.20 bits per heavy atom. The molecule has 1 aliphatic heterocycles. The van der Waals surface area contributed by atoms with Crippen LogP contribution in [-0.2, 0) is 9.47 Å². The predicted octanol–water partition coefficient (Wildman–Crippen LogP) is 4.80. The van der Waals surface area contributed by atoms with E-state index in [9.17, 15) is 4.39 Å². The fourth-order valence-electron chi connectivity index (χ4n) is 2.57. The van der Waals surface area contributed by atoms with Crippen LogP contribution in [0.15, 0.2) is 60.7 Å². The first-order valence-electron chi connectivity index (χ1n) is 8.52. The Kier molecular flexibility index (Phi) is 6.00. The molecule has 0 spiro atoms. The highest BCUT2D eigenvalue weighted by molar-refractivity contribution is 5.64. The van der Waals surface area contributed by atoms with E-state index < -0.39 is 6.29 Å². The SMILES string of the molecule is CC/C=C/C1COC(C#Cc2ccc(-c3ccc(F)cc3)cc2)OC1. The van der Waals surface area contributed by atoms with Crippen LogP contribution in [0.1, 0.15) is 18.9 Å². The van der Waals surface area contributed by atoms with E-state index in [4.69, 9.17) is 9.47 Å². The highest BCUT2D eigenvalue weighted by Gasteiger charge is 2.18. The van der Waals surface area contributed by atoms with Crippen LogP contribution in [0.25, 0.3) is 11.1 Å². The van der Waals surface area contributed by atoms with Gasteiger partial charge < -0.3 is 9.47 Å². The largest absolute Gasteiger partial charge is 0.341 e. The van der Waals surface area contributed by atoms with Gasteiger partial charge in [-0.25, -0.2) is 4.39 Å². The van der Waals surface area contributed by atoms with Crippen molar-refractivity contribution in [3.8, 4) is 23.0 Å². The molecule has 128 valence electrons. The molecule has 3 rings (SSSR count). The zero-order valence-corrected chi connectivity index (χ0v) is 14.2. The lowest BCUT2D eigenvalue weighted by Crippen LogP contribution is -2.30. The lowest BCUT2D eigenvalue weighted by molar-refractivity contribution is -0.160. The normalized spacial score (nSPS) is 20.2. The summed E-state index contributed by atoms with van der Waals surface area (Å²) in [6.45, 7) is 3.38. The van der Waals surface area contributed by atoms with Gasteiger partial charge in [-0.1, -0.05) is 49.3 Å². The van der Waals surface area contributed by atoms with Gasteiger partial charge in [-0.15, -0.1) is 0 Å². The minimum Gasteiger partial charge on any atom is -0.341 e. The van der Waals surface area contributed by atoms with Crippen molar-refractivity contribution in [2.24, 2.45) is 5.92 Å². The maximum atomic E-state index is 13.0. The van der Waals surface area contributed by atoms with E-state index in [-0.39, 0.29) is 5.82 Å². The molecule has 1 aliphatic rings. The molecule has 2 nitrogen and oxygen atoms in total. The van der Waals surface area contributed by atoms with E-state index in [1.807, 2.05) is 24.3 Å². The van der Waals surface area contributed by atoms with Crippen molar-refractivity contribution < 1.29 is 13.9 Å². The van der Waals surface area contributed by atoms with Gasteiger partial charge in [0.05, 0.1) is 13.2 Å². The van der Waals surface area contributed by atoms with E-state index in [0.717, 1.165) is 23.1 Å². The van der Waals surface area contributed by atoms with Crippen molar-refractivity contribution in [1.82, 2.24) is 0 Å². The first kappa shape index (κ1) is 17.4. The van der Waals surface area contributed by atoms with Crippen molar-refractivity contribution in [2.75, 3.05) is 13.2 Å². The van der Waals surface area contributed by atoms with Gasteiger partial charge in [-0.2, -0.15) is 0 Å². The number of rotatable bonds is 3. The molecule has 0 saturated carbocycles. The fraction of sp³-hybridized carbons (Fsp3) is 0.273. The third-order valence-electron chi connectivity index (χ3n) is 3.96. The first-order valence-corrected chi connectivity index (χ1v) is 8.52. The molecule has 0 aromatic heterocycles. The van der Waals surface area contributed by atoms with Crippen LogP contribution >= 0.6 is 0 Å². The Hall–Kier alpha value is -2.41. The maximum Gasteiger partial charge on any atom is 0.222 e. The summed E-state index contributed by atoms with van der Waals surface area (Å²) in [5.41, 5.74) is 2.90. The second kappa shape index (κ2) is 8.62. The van der Waals surface area contributed by atoms with Gasteiger partial charge in [0.1, 0.15) is 5.82 Å². The van der Waals surface area contributed by atoms with Crippen LogP contribution in [0.3, 0.4) is 0 Å². The summed E-state index contributed by atoms with van der Waals surface area (Å²) in [7, 11) is 0. The first-order chi connectivity index (χ1) is 12.2. The summed E-state index contributed by atoms with van der Waals surface area (Å²) in [5.74, 6) is 6.18. The molecule has 0 unspecified atom stereocenters. The van der Waals surface area contributed by atoms with E-state index in [0.29, 0.717) is 19.1 Å². The van der Waals surface area contributed by atoms with E-state index >= 15 is 0 Å². The smallest absolute Gasteiger partial charge is 0.222 e. The molecule has 0 N–H and O–H groups in total. The predicted molar refractivity (Wildman–Crippen MR) is 97.3 cm³/mol. The van der Waals surface area contributed by atoms with Crippen molar-refractivity contribution in [3.05, 3.63) is 72.1 Å². The molecule has 1 fully saturated rings. The van der Waals surface area contributed by atoms with Crippen molar-refractivity contribution in [1.29, 1.82) is 0 Å². The maximum absolute atomic E-state index is 13.0. The summed E-state index contributed by atoms with van der Waals surface area (Å²) >= 11 is 0. The lowest BCUT2D eigenvalue weighted by atomic mass is 10.0. The Morgan fingerprint density at radius 2 is 1.60 bits per heavy atom.